The van der Waals surface area contributed by atoms with Gasteiger partial charge in [-0.15, -0.1) is 13.2 Å². The van der Waals surface area contributed by atoms with Crippen molar-refractivity contribution in [3.05, 3.63) is 85.0 Å². The lowest BCUT2D eigenvalue weighted by molar-refractivity contribution is -0.141. The molecule has 5 atom stereocenters. The van der Waals surface area contributed by atoms with Gasteiger partial charge in [0.25, 0.3) is 5.91 Å². The molecule has 8 heteroatoms. The molecule has 3 fully saturated rings. The van der Waals surface area contributed by atoms with Gasteiger partial charge >= 0.3 is 0 Å². The number of aliphatic hydroxyl groups excluding tert-OH is 1. The van der Waals surface area contributed by atoms with Crippen LogP contribution in [0, 0.1) is 25.7 Å². The number of aryl methyl sites for hydroxylation is 2. The zero-order valence-electron chi connectivity index (χ0n) is 23.9. The number of para-hydroxylation sites is 2. The molecule has 0 aromatic heterocycles. The van der Waals surface area contributed by atoms with Crippen LogP contribution >= 0.6 is 0 Å². The molecular weight excluding hydrogens is 518 g/mol. The van der Waals surface area contributed by atoms with E-state index in [1.165, 1.54) is 0 Å². The van der Waals surface area contributed by atoms with Crippen LogP contribution in [-0.4, -0.2) is 71.7 Å². The number of benzene rings is 2. The first-order chi connectivity index (χ1) is 19.8. The van der Waals surface area contributed by atoms with Crippen LogP contribution < -0.4 is 9.80 Å². The van der Waals surface area contributed by atoms with Gasteiger partial charge in [0.05, 0.1) is 17.9 Å². The molecule has 3 amide bonds. The van der Waals surface area contributed by atoms with Crippen molar-refractivity contribution in [2.45, 2.75) is 50.9 Å². The number of aliphatic hydroxyl groups is 1. The van der Waals surface area contributed by atoms with Gasteiger partial charge in [-0.3, -0.25) is 14.4 Å². The lowest BCUT2D eigenvalue weighted by Crippen LogP contribution is -2.57. The van der Waals surface area contributed by atoms with Crippen LogP contribution in [0.2, 0.25) is 0 Å². The highest BCUT2D eigenvalue weighted by Gasteiger charge is 2.75. The Morgan fingerprint density at radius 2 is 1.68 bits per heavy atom. The summed E-state index contributed by atoms with van der Waals surface area (Å²) >= 11 is 0. The zero-order valence-corrected chi connectivity index (χ0v) is 23.9. The van der Waals surface area contributed by atoms with E-state index in [2.05, 4.69) is 13.2 Å². The average molecular weight is 558 g/mol. The molecule has 0 aliphatic carbocycles. The van der Waals surface area contributed by atoms with Gasteiger partial charge in [-0.05, 0) is 56.4 Å². The van der Waals surface area contributed by atoms with Crippen LogP contribution in [0.15, 0.2) is 73.8 Å². The molecule has 1 N–H and O–H groups in total. The average Bonchev–Trinajstić information content (AvgIpc) is 3.61. The monoisotopic (exact) mass is 557 g/mol. The molecular formula is C33H39N3O5. The largest absolute Gasteiger partial charge is 0.396 e. The van der Waals surface area contributed by atoms with Crippen molar-refractivity contribution in [2.24, 2.45) is 11.8 Å². The summed E-state index contributed by atoms with van der Waals surface area (Å²) in [6.07, 6.45) is 4.29. The molecule has 1 spiro atoms. The molecule has 2 bridgehead atoms. The number of fused-ring (bicyclic) bond motifs is 1. The molecule has 8 nitrogen and oxygen atoms in total. The molecule has 3 aliphatic rings. The SMILES string of the molecule is C=CCN(C(=O)[C@@H]1[C@@H]2CCC3(O2)C(C(=O)N(CC=C)c2c(C)cccc2C)N(CCCO)C(=O)[C@H]13)c1ccccc1. The molecule has 216 valence electrons. The molecule has 3 heterocycles. The van der Waals surface area contributed by atoms with Gasteiger partial charge in [-0.25, -0.2) is 0 Å². The maximum atomic E-state index is 14.7. The van der Waals surface area contributed by atoms with Gasteiger partial charge in [-0.1, -0.05) is 48.6 Å². The maximum absolute atomic E-state index is 14.7. The van der Waals surface area contributed by atoms with Crippen LogP contribution in [-0.2, 0) is 19.1 Å². The van der Waals surface area contributed by atoms with Crippen molar-refractivity contribution in [3.63, 3.8) is 0 Å². The topological polar surface area (TPSA) is 90.4 Å². The predicted octanol–water partition coefficient (Wildman–Crippen LogP) is 3.80. The van der Waals surface area contributed by atoms with Gasteiger partial charge in [0.15, 0.2) is 0 Å². The van der Waals surface area contributed by atoms with Crippen molar-refractivity contribution in [1.82, 2.24) is 4.90 Å². The van der Waals surface area contributed by atoms with E-state index in [-0.39, 0.29) is 44.0 Å². The number of rotatable bonds is 11. The Hall–Kier alpha value is -3.75. The third-order valence-corrected chi connectivity index (χ3v) is 8.81. The Morgan fingerprint density at radius 3 is 2.32 bits per heavy atom. The summed E-state index contributed by atoms with van der Waals surface area (Å²) in [5.74, 6) is -2.23. The molecule has 2 unspecified atom stereocenters. The van der Waals surface area contributed by atoms with Crippen LogP contribution in [0.3, 0.4) is 0 Å². The lowest BCUT2D eigenvalue weighted by Gasteiger charge is -2.37. The molecule has 3 aliphatic heterocycles. The number of anilines is 2. The Balaban J connectivity index is 1.57. The fourth-order valence-electron chi connectivity index (χ4n) is 7.23. The number of nitrogens with zero attached hydrogens (tertiary/aromatic N) is 3. The number of likely N-dealkylation sites (tertiary alicyclic amines) is 1. The van der Waals surface area contributed by atoms with Crippen LogP contribution in [0.5, 0.6) is 0 Å². The molecule has 3 saturated heterocycles. The van der Waals surface area contributed by atoms with Crippen molar-refractivity contribution in [2.75, 3.05) is 36.0 Å². The third-order valence-electron chi connectivity index (χ3n) is 8.81. The highest BCUT2D eigenvalue weighted by atomic mass is 16.5. The molecule has 0 radical (unpaired) electrons. The fourth-order valence-corrected chi connectivity index (χ4v) is 7.23. The Morgan fingerprint density at radius 1 is 1.02 bits per heavy atom. The normalized spacial score (nSPS) is 26.1. The number of hydrogen-bond donors (Lipinski definition) is 1. The van der Waals surface area contributed by atoms with E-state index in [4.69, 9.17) is 4.74 Å². The minimum Gasteiger partial charge on any atom is -0.396 e. The second-order valence-electron chi connectivity index (χ2n) is 11.2. The molecule has 2 aromatic carbocycles. The number of hydrogen-bond acceptors (Lipinski definition) is 5. The first kappa shape index (κ1) is 28.8. The van der Waals surface area contributed by atoms with Gasteiger partial charge in [-0.2, -0.15) is 0 Å². The summed E-state index contributed by atoms with van der Waals surface area (Å²) in [6, 6.07) is 14.3. The van der Waals surface area contributed by atoms with Crippen molar-refractivity contribution < 1.29 is 24.2 Å². The second kappa shape index (κ2) is 11.6. The predicted molar refractivity (Wildman–Crippen MR) is 158 cm³/mol. The molecule has 2 aromatic rings. The Kier molecular flexibility index (Phi) is 8.16. The summed E-state index contributed by atoms with van der Waals surface area (Å²) in [7, 11) is 0. The van der Waals surface area contributed by atoms with Crippen molar-refractivity contribution in [1.29, 1.82) is 0 Å². The number of amides is 3. The van der Waals surface area contributed by atoms with Crippen LogP contribution in [0.25, 0.3) is 0 Å². The maximum Gasteiger partial charge on any atom is 0.253 e. The van der Waals surface area contributed by atoms with E-state index in [1.54, 1.807) is 26.9 Å². The molecule has 0 saturated carbocycles. The van der Waals surface area contributed by atoms with Gasteiger partial charge in [0, 0.05) is 37.6 Å². The van der Waals surface area contributed by atoms with E-state index in [9.17, 15) is 19.5 Å². The quantitative estimate of drug-likeness (QED) is 0.425. The van der Waals surface area contributed by atoms with Crippen molar-refractivity contribution >= 4 is 29.1 Å². The van der Waals surface area contributed by atoms with E-state index >= 15 is 0 Å². The molecule has 41 heavy (non-hydrogen) atoms. The Bertz CT molecular complexity index is 1320. The Labute approximate surface area is 241 Å². The minimum absolute atomic E-state index is 0.122. The summed E-state index contributed by atoms with van der Waals surface area (Å²) in [5, 5.41) is 9.66. The third kappa shape index (κ3) is 4.69. The lowest BCUT2D eigenvalue weighted by atomic mass is 9.70. The second-order valence-corrected chi connectivity index (χ2v) is 11.2. The first-order valence-electron chi connectivity index (χ1n) is 14.4. The summed E-state index contributed by atoms with van der Waals surface area (Å²) < 4.78 is 6.65. The minimum atomic E-state index is -1.12. The first-order valence-corrected chi connectivity index (χ1v) is 14.4. The smallest absolute Gasteiger partial charge is 0.253 e. The van der Waals surface area contributed by atoms with E-state index in [0.717, 1.165) is 22.5 Å². The number of carbonyl (C=O) groups is 3. The van der Waals surface area contributed by atoms with Crippen molar-refractivity contribution in [3.8, 4) is 0 Å². The van der Waals surface area contributed by atoms with E-state index in [1.807, 2.05) is 62.4 Å². The van der Waals surface area contributed by atoms with E-state index in [0.29, 0.717) is 19.3 Å². The van der Waals surface area contributed by atoms with Gasteiger partial charge in [0.1, 0.15) is 11.6 Å². The molecule has 5 rings (SSSR count). The summed E-state index contributed by atoms with van der Waals surface area (Å²) in [5.41, 5.74) is 2.26. The summed E-state index contributed by atoms with van der Waals surface area (Å²) in [4.78, 5) is 48.1. The van der Waals surface area contributed by atoms with Crippen LogP contribution in [0.4, 0.5) is 11.4 Å². The number of carbonyl (C=O) groups excluding carboxylic acids is 3. The standard InChI is InChI=1S/C33H39N3O5/c1-5-18-34(24-14-8-7-9-15-24)30(38)26-25-16-17-33(41-25)27(26)31(39)36(20-11-21-37)29(33)32(40)35(19-6-2)28-22(3)12-10-13-23(28)4/h5-10,12-15,25-27,29,37H,1-2,11,16-21H2,3-4H3/t25-,26+,27-,29?,33?/m0/s1. The summed E-state index contributed by atoms with van der Waals surface area (Å²) in [6.45, 7) is 12.3. The fraction of sp³-hybridized carbons (Fsp3) is 0.424. The van der Waals surface area contributed by atoms with Gasteiger partial charge < -0.3 is 24.5 Å². The van der Waals surface area contributed by atoms with E-state index < -0.39 is 29.6 Å². The zero-order chi connectivity index (χ0) is 29.3. The highest BCUT2D eigenvalue weighted by molar-refractivity contribution is 6.07. The highest BCUT2D eigenvalue weighted by Crippen LogP contribution is 2.59. The number of ether oxygens (including phenoxy) is 1. The van der Waals surface area contributed by atoms with Gasteiger partial charge in [0.2, 0.25) is 11.8 Å². The van der Waals surface area contributed by atoms with Crippen LogP contribution in [0.1, 0.15) is 30.4 Å².